The molecule has 2 fully saturated rings. The first-order chi connectivity index (χ1) is 9.02. The largest absolute Gasteiger partial charge is 0.371 e. The monoisotopic (exact) mass is 264 g/mol. The van der Waals surface area contributed by atoms with Crippen molar-refractivity contribution in [3.63, 3.8) is 0 Å². The number of hydrogen-bond donors (Lipinski definition) is 2. The third-order valence-corrected chi connectivity index (χ3v) is 4.42. The molecule has 0 spiro atoms. The highest BCUT2D eigenvalue weighted by Gasteiger charge is 2.35. The maximum absolute atomic E-state index is 12.3. The van der Waals surface area contributed by atoms with Gasteiger partial charge in [-0.05, 0) is 25.2 Å². The SMILES string of the molecule is CCC(C)C1CC(=O)C(=C2NCCC(C)N2)C(=O)C1. The zero-order valence-electron chi connectivity index (χ0n) is 12.1. The Hall–Kier alpha value is -1.32. The molecule has 0 aromatic heterocycles. The number of hydrogen-bond acceptors (Lipinski definition) is 4. The van der Waals surface area contributed by atoms with Crippen LogP contribution in [0.5, 0.6) is 0 Å². The Morgan fingerprint density at radius 2 is 1.89 bits per heavy atom. The summed E-state index contributed by atoms with van der Waals surface area (Å²) in [7, 11) is 0. The summed E-state index contributed by atoms with van der Waals surface area (Å²) in [5.41, 5.74) is 0.381. The van der Waals surface area contributed by atoms with Gasteiger partial charge in [-0.3, -0.25) is 9.59 Å². The number of rotatable bonds is 2. The highest BCUT2D eigenvalue weighted by molar-refractivity contribution is 6.22. The molecule has 2 aliphatic rings. The average Bonchev–Trinajstić information content (AvgIpc) is 2.37. The van der Waals surface area contributed by atoms with E-state index in [1.165, 1.54) is 0 Å². The topological polar surface area (TPSA) is 58.2 Å². The first kappa shape index (κ1) is 14.1. The highest BCUT2D eigenvalue weighted by Crippen LogP contribution is 2.31. The Kier molecular flexibility index (Phi) is 4.27. The van der Waals surface area contributed by atoms with Gasteiger partial charge in [0.15, 0.2) is 11.6 Å². The van der Waals surface area contributed by atoms with Crippen molar-refractivity contribution in [1.82, 2.24) is 10.6 Å². The van der Waals surface area contributed by atoms with Gasteiger partial charge in [0, 0.05) is 25.4 Å². The molecule has 2 unspecified atom stereocenters. The summed E-state index contributed by atoms with van der Waals surface area (Å²) in [6.07, 6.45) is 3.05. The van der Waals surface area contributed by atoms with E-state index in [0.717, 1.165) is 19.4 Å². The van der Waals surface area contributed by atoms with E-state index >= 15 is 0 Å². The second kappa shape index (κ2) is 5.76. The van der Waals surface area contributed by atoms with Gasteiger partial charge in [0.25, 0.3) is 0 Å². The Morgan fingerprint density at radius 1 is 1.26 bits per heavy atom. The molecule has 4 nitrogen and oxygen atoms in total. The molecule has 1 aliphatic heterocycles. The van der Waals surface area contributed by atoms with Crippen molar-refractivity contribution < 1.29 is 9.59 Å². The molecule has 2 rings (SSSR count). The van der Waals surface area contributed by atoms with Crippen LogP contribution in [0.4, 0.5) is 0 Å². The Balaban J connectivity index is 2.18. The van der Waals surface area contributed by atoms with Crippen LogP contribution in [0.3, 0.4) is 0 Å². The molecule has 2 atom stereocenters. The molecule has 0 aromatic rings. The maximum atomic E-state index is 12.3. The molecule has 106 valence electrons. The van der Waals surface area contributed by atoms with Gasteiger partial charge in [0.1, 0.15) is 11.4 Å². The summed E-state index contributed by atoms with van der Waals surface area (Å²) in [5.74, 6) is 1.33. The second-order valence-corrected chi connectivity index (χ2v) is 5.91. The van der Waals surface area contributed by atoms with E-state index in [-0.39, 0.29) is 17.5 Å². The molecule has 4 heteroatoms. The van der Waals surface area contributed by atoms with Crippen LogP contribution < -0.4 is 10.6 Å². The van der Waals surface area contributed by atoms with E-state index in [2.05, 4.69) is 31.4 Å². The van der Waals surface area contributed by atoms with Gasteiger partial charge in [-0.2, -0.15) is 0 Å². The summed E-state index contributed by atoms with van der Waals surface area (Å²) in [4.78, 5) is 24.6. The fourth-order valence-electron chi connectivity index (χ4n) is 2.87. The van der Waals surface area contributed by atoms with Crippen LogP contribution >= 0.6 is 0 Å². The van der Waals surface area contributed by atoms with Crippen molar-refractivity contribution in [2.75, 3.05) is 6.54 Å². The van der Waals surface area contributed by atoms with Crippen molar-refractivity contribution in [2.45, 2.75) is 52.5 Å². The average molecular weight is 264 g/mol. The fraction of sp³-hybridized carbons (Fsp3) is 0.733. The molecule has 1 saturated heterocycles. The van der Waals surface area contributed by atoms with E-state index in [9.17, 15) is 9.59 Å². The van der Waals surface area contributed by atoms with E-state index in [4.69, 9.17) is 0 Å². The lowest BCUT2D eigenvalue weighted by atomic mass is 9.76. The van der Waals surface area contributed by atoms with E-state index in [1.807, 2.05) is 0 Å². The molecule has 19 heavy (non-hydrogen) atoms. The van der Waals surface area contributed by atoms with Gasteiger partial charge in [-0.1, -0.05) is 20.3 Å². The lowest BCUT2D eigenvalue weighted by Gasteiger charge is -2.31. The van der Waals surface area contributed by atoms with Crippen molar-refractivity contribution in [2.24, 2.45) is 11.8 Å². The van der Waals surface area contributed by atoms with Gasteiger partial charge < -0.3 is 10.6 Å². The minimum atomic E-state index is 0.00523. The van der Waals surface area contributed by atoms with E-state index in [0.29, 0.717) is 36.2 Å². The zero-order chi connectivity index (χ0) is 14.0. The number of ketones is 2. The first-order valence-corrected chi connectivity index (χ1v) is 7.34. The highest BCUT2D eigenvalue weighted by atomic mass is 16.2. The van der Waals surface area contributed by atoms with E-state index < -0.39 is 0 Å². The van der Waals surface area contributed by atoms with Crippen LogP contribution in [-0.4, -0.2) is 24.2 Å². The Morgan fingerprint density at radius 3 is 2.42 bits per heavy atom. The third-order valence-electron chi connectivity index (χ3n) is 4.42. The smallest absolute Gasteiger partial charge is 0.170 e. The van der Waals surface area contributed by atoms with Crippen LogP contribution in [0.2, 0.25) is 0 Å². The van der Waals surface area contributed by atoms with Crippen LogP contribution in [0.15, 0.2) is 11.4 Å². The van der Waals surface area contributed by atoms with Gasteiger partial charge in [0.05, 0.1) is 0 Å². The number of Topliss-reactive ketones (excluding diaryl/α,β-unsaturated/α-hetero) is 2. The van der Waals surface area contributed by atoms with Crippen LogP contribution in [-0.2, 0) is 9.59 Å². The minimum absolute atomic E-state index is 0.00523. The number of nitrogens with one attached hydrogen (secondary N) is 2. The van der Waals surface area contributed by atoms with Crippen LogP contribution in [0.1, 0.15) is 46.5 Å². The quantitative estimate of drug-likeness (QED) is 0.589. The van der Waals surface area contributed by atoms with Gasteiger partial charge in [-0.25, -0.2) is 0 Å². The number of allylic oxidation sites excluding steroid dienone is 1. The molecule has 2 N–H and O–H groups in total. The molecular weight excluding hydrogens is 240 g/mol. The maximum Gasteiger partial charge on any atom is 0.170 e. The standard InChI is InChI=1S/C15H24N2O2/c1-4-9(2)11-7-12(18)14(13(19)8-11)15-16-6-5-10(3)17-15/h9-11,16-17H,4-8H2,1-3H3. The summed E-state index contributed by atoms with van der Waals surface area (Å²) < 4.78 is 0. The van der Waals surface area contributed by atoms with Crippen molar-refractivity contribution in [1.29, 1.82) is 0 Å². The third kappa shape index (κ3) is 2.99. The number of carbonyl (C=O) groups is 2. The summed E-state index contributed by atoms with van der Waals surface area (Å²) in [6, 6.07) is 0.316. The lowest BCUT2D eigenvalue weighted by Crippen LogP contribution is -2.45. The normalized spacial score (nSPS) is 29.8. The fourth-order valence-corrected chi connectivity index (χ4v) is 2.87. The first-order valence-electron chi connectivity index (χ1n) is 7.34. The molecule has 0 bridgehead atoms. The zero-order valence-corrected chi connectivity index (χ0v) is 12.1. The molecular formula is C15H24N2O2. The minimum Gasteiger partial charge on any atom is -0.371 e. The predicted molar refractivity (Wildman–Crippen MR) is 74.4 cm³/mol. The summed E-state index contributed by atoms with van der Waals surface area (Å²) in [6.45, 7) is 7.13. The molecule has 1 saturated carbocycles. The summed E-state index contributed by atoms with van der Waals surface area (Å²) >= 11 is 0. The van der Waals surface area contributed by atoms with Crippen LogP contribution in [0, 0.1) is 11.8 Å². The molecule has 1 heterocycles. The second-order valence-electron chi connectivity index (χ2n) is 5.91. The van der Waals surface area contributed by atoms with Crippen molar-refractivity contribution in [3.05, 3.63) is 11.4 Å². The molecule has 0 amide bonds. The van der Waals surface area contributed by atoms with E-state index in [1.54, 1.807) is 0 Å². The Labute approximate surface area is 115 Å². The Bertz CT molecular complexity index is 394. The predicted octanol–water partition coefficient (Wildman–Crippen LogP) is 1.76. The lowest BCUT2D eigenvalue weighted by molar-refractivity contribution is -0.126. The van der Waals surface area contributed by atoms with Gasteiger partial charge in [0.2, 0.25) is 0 Å². The van der Waals surface area contributed by atoms with Crippen LogP contribution in [0.25, 0.3) is 0 Å². The molecule has 0 radical (unpaired) electrons. The van der Waals surface area contributed by atoms with Crippen molar-refractivity contribution in [3.8, 4) is 0 Å². The molecule has 0 aromatic carbocycles. The molecule has 1 aliphatic carbocycles. The van der Waals surface area contributed by atoms with Crippen molar-refractivity contribution >= 4 is 11.6 Å². The summed E-state index contributed by atoms with van der Waals surface area (Å²) in [5, 5.41) is 6.40. The van der Waals surface area contributed by atoms with Gasteiger partial charge >= 0.3 is 0 Å². The van der Waals surface area contributed by atoms with Gasteiger partial charge in [-0.15, -0.1) is 0 Å². The number of carbonyl (C=O) groups excluding carboxylic acids is 2.